The molecule has 4 nitrogen and oxygen atoms in total. The number of hydrogen-bond acceptors (Lipinski definition) is 3. The second kappa shape index (κ2) is 8.27. The second-order valence-electron chi connectivity index (χ2n) is 3.30. The minimum Gasteiger partial charge on any atom is -0.385 e. The number of methoxy groups -OCH3 is 1. The Labute approximate surface area is 91.8 Å². The number of carbonyl (C=O) groups is 1. The molecule has 1 atom stereocenters. The molecule has 0 saturated carbocycles. The number of nitrogens with two attached hydrogens (primary N) is 1. The van der Waals surface area contributed by atoms with E-state index in [-0.39, 0.29) is 5.91 Å². The van der Waals surface area contributed by atoms with Crippen LogP contribution in [0.1, 0.15) is 19.8 Å². The molecule has 0 heterocycles. The fraction of sp³-hybridized carbons (Fsp3) is 0.727. The van der Waals surface area contributed by atoms with E-state index < -0.39 is 6.04 Å². The molecule has 0 bridgehead atoms. The van der Waals surface area contributed by atoms with Crippen molar-refractivity contribution in [2.24, 2.45) is 5.73 Å². The van der Waals surface area contributed by atoms with Crippen LogP contribution in [0.5, 0.6) is 0 Å². The summed E-state index contributed by atoms with van der Waals surface area (Å²) in [5.41, 5.74) is 5.75. The van der Waals surface area contributed by atoms with Gasteiger partial charge >= 0.3 is 0 Å². The van der Waals surface area contributed by atoms with E-state index >= 15 is 0 Å². The summed E-state index contributed by atoms with van der Waals surface area (Å²) in [5, 5.41) is 0. The lowest BCUT2D eigenvalue weighted by Gasteiger charge is -2.22. The molecule has 0 rings (SSSR count). The zero-order chi connectivity index (χ0) is 11.7. The highest BCUT2D eigenvalue weighted by molar-refractivity contribution is 5.81. The van der Waals surface area contributed by atoms with Gasteiger partial charge in [-0.05, 0) is 19.8 Å². The normalized spacial score (nSPS) is 11.9. The van der Waals surface area contributed by atoms with Gasteiger partial charge in [-0.2, -0.15) is 0 Å². The van der Waals surface area contributed by atoms with Gasteiger partial charge < -0.3 is 15.4 Å². The van der Waals surface area contributed by atoms with Crippen LogP contribution in [-0.2, 0) is 9.53 Å². The van der Waals surface area contributed by atoms with Crippen LogP contribution >= 0.6 is 0 Å². The molecule has 0 aromatic heterocycles. The van der Waals surface area contributed by atoms with E-state index in [2.05, 4.69) is 5.92 Å². The van der Waals surface area contributed by atoms with Crippen molar-refractivity contribution in [3.05, 3.63) is 0 Å². The lowest BCUT2D eigenvalue weighted by atomic mass is 10.1. The van der Waals surface area contributed by atoms with Crippen molar-refractivity contribution in [1.29, 1.82) is 0 Å². The van der Waals surface area contributed by atoms with Gasteiger partial charge in [0.05, 0.1) is 12.6 Å². The van der Waals surface area contributed by atoms with E-state index in [4.69, 9.17) is 16.9 Å². The summed E-state index contributed by atoms with van der Waals surface area (Å²) in [5.74, 6) is 2.37. The number of nitrogens with zero attached hydrogens (tertiary/aromatic N) is 1. The topological polar surface area (TPSA) is 55.6 Å². The van der Waals surface area contributed by atoms with Crippen molar-refractivity contribution in [3.8, 4) is 12.3 Å². The molecule has 2 N–H and O–H groups in total. The molecule has 0 fully saturated rings. The standard InChI is InChI=1S/C11H20N2O2/c1-4-8-13(5-2)11(14)10(12)7-6-9-15-3/h1,10H,5-9,12H2,2-3H3. The van der Waals surface area contributed by atoms with Gasteiger partial charge in [0.2, 0.25) is 5.91 Å². The average Bonchev–Trinajstić information content (AvgIpc) is 2.25. The average molecular weight is 212 g/mol. The molecule has 86 valence electrons. The molecule has 0 spiro atoms. The lowest BCUT2D eigenvalue weighted by Crippen LogP contribution is -2.43. The maximum absolute atomic E-state index is 11.7. The minimum atomic E-state index is -0.464. The Morgan fingerprint density at radius 1 is 1.67 bits per heavy atom. The van der Waals surface area contributed by atoms with Gasteiger partial charge in [0.25, 0.3) is 0 Å². The summed E-state index contributed by atoms with van der Waals surface area (Å²) in [7, 11) is 1.63. The largest absolute Gasteiger partial charge is 0.385 e. The fourth-order valence-corrected chi connectivity index (χ4v) is 1.26. The number of ether oxygens (including phenoxy) is 1. The third kappa shape index (κ3) is 5.40. The SMILES string of the molecule is C#CCN(CC)C(=O)C(N)CCCOC. The van der Waals surface area contributed by atoms with E-state index in [9.17, 15) is 4.79 Å². The molecular weight excluding hydrogens is 192 g/mol. The molecule has 4 heteroatoms. The third-order valence-corrected chi connectivity index (χ3v) is 2.16. The van der Waals surface area contributed by atoms with Crippen LogP contribution in [0, 0.1) is 12.3 Å². The zero-order valence-corrected chi connectivity index (χ0v) is 9.53. The Kier molecular flexibility index (Phi) is 7.69. The number of hydrogen-bond donors (Lipinski definition) is 1. The van der Waals surface area contributed by atoms with Crippen LogP contribution in [0.3, 0.4) is 0 Å². The van der Waals surface area contributed by atoms with E-state index in [1.807, 2.05) is 6.92 Å². The Hall–Kier alpha value is -1.05. The van der Waals surface area contributed by atoms with Gasteiger partial charge in [-0.25, -0.2) is 0 Å². The zero-order valence-electron chi connectivity index (χ0n) is 9.53. The highest BCUT2D eigenvalue weighted by Gasteiger charge is 2.18. The van der Waals surface area contributed by atoms with E-state index in [0.717, 1.165) is 6.42 Å². The molecule has 0 aromatic rings. The smallest absolute Gasteiger partial charge is 0.240 e. The number of carbonyl (C=O) groups excluding carboxylic acids is 1. The van der Waals surface area contributed by atoms with Gasteiger partial charge in [0, 0.05) is 20.3 Å². The van der Waals surface area contributed by atoms with Crippen molar-refractivity contribution < 1.29 is 9.53 Å². The lowest BCUT2D eigenvalue weighted by molar-refractivity contribution is -0.132. The maximum Gasteiger partial charge on any atom is 0.240 e. The molecule has 0 saturated heterocycles. The molecule has 0 aliphatic heterocycles. The Balaban J connectivity index is 3.99. The molecule has 1 unspecified atom stereocenters. The molecule has 0 aliphatic carbocycles. The van der Waals surface area contributed by atoms with Gasteiger partial charge in [0.15, 0.2) is 0 Å². The highest BCUT2D eigenvalue weighted by atomic mass is 16.5. The number of terminal acetylenes is 1. The quantitative estimate of drug-likeness (QED) is 0.485. The van der Waals surface area contributed by atoms with Crippen molar-refractivity contribution in [2.75, 3.05) is 26.8 Å². The Bertz CT molecular complexity index is 223. The monoisotopic (exact) mass is 212 g/mol. The van der Waals surface area contributed by atoms with Crippen LogP contribution in [0.2, 0.25) is 0 Å². The van der Waals surface area contributed by atoms with Crippen molar-refractivity contribution in [3.63, 3.8) is 0 Å². The molecule has 0 aromatic carbocycles. The van der Waals surface area contributed by atoms with Crippen LogP contribution < -0.4 is 5.73 Å². The molecule has 0 aliphatic rings. The summed E-state index contributed by atoms with van der Waals surface area (Å²) in [6, 6.07) is -0.464. The van der Waals surface area contributed by atoms with Crippen LogP contribution in [0.4, 0.5) is 0 Å². The van der Waals surface area contributed by atoms with Crippen LogP contribution in [0.25, 0.3) is 0 Å². The fourth-order valence-electron chi connectivity index (χ4n) is 1.26. The molecular formula is C11H20N2O2. The Morgan fingerprint density at radius 2 is 2.33 bits per heavy atom. The predicted octanol–water partition coefficient (Wildman–Crippen LogP) is 0.222. The number of amides is 1. The van der Waals surface area contributed by atoms with E-state index in [0.29, 0.717) is 26.1 Å². The first-order valence-corrected chi connectivity index (χ1v) is 5.14. The maximum atomic E-state index is 11.7. The van der Waals surface area contributed by atoms with Gasteiger partial charge in [-0.3, -0.25) is 4.79 Å². The van der Waals surface area contributed by atoms with Crippen molar-refractivity contribution >= 4 is 5.91 Å². The molecule has 15 heavy (non-hydrogen) atoms. The molecule has 0 radical (unpaired) electrons. The van der Waals surface area contributed by atoms with Crippen LogP contribution in [-0.4, -0.2) is 43.7 Å². The Morgan fingerprint density at radius 3 is 2.80 bits per heavy atom. The minimum absolute atomic E-state index is 0.0773. The molecule has 1 amide bonds. The first-order valence-electron chi connectivity index (χ1n) is 5.14. The van der Waals surface area contributed by atoms with Gasteiger partial charge in [-0.1, -0.05) is 5.92 Å². The van der Waals surface area contributed by atoms with E-state index in [1.165, 1.54) is 0 Å². The summed E-state index contributed by atoms with van der Waals surface area (Å²) in [6.45, 7) is 3.44. The highest BCUT2D eigenvalue weighted by Crippen LogP contribution is 2.00. The van der Waals surface area contributed by atoms with Crippen LogP contribution in [0.15, 0.2) is 0 Å². The first kappa shape index (κ1) is 13.9. The number of rotatable bonds is 7. The third-order valence-electron chi connectivity index (χ3n) is 2.16. The summed E-state index contributed by atoms with van der Waals surface area (Å²) in [6.07, 6.45) is 6.58. The predicted molar refractivity (Wildman–Crippen MR) is 60.2 cm³/mol. The summed E-state index contributed by atoms with van der Waals surface area (Å²) >= 11 is 0. The van der Waals surface area contributed by atoms with E-state index in [1.54, 1.807) is 12.0 Å². The van der Waals surface area contributed by atoms with Crippen molar-refractivity contribution in [1.82, 2.24) is 4.90 Å². The summed E-state index contributed by atoms with van der Waals surface area (Å²) < 4.78 is 4.89. The van der Waals surface area contributed by atoms with Gasteiger partial charge in [0.1, 0.15) is 0 Å². The first-order chi connectivity index (χ1) is 7.17. The second-order valence-corrected chi connectivity index (χ2v) is 3.30. The van der Waals surface area contributed by atoms with Gasteiger partial charge in [-0.15, -0.1) is 6.42 Å². The summed E-state index contributed by atoms with van der Waals surface area (Å²) in [4.78, 5) is 13.3. The van der Waals surface area contributed by atoms with Crippen molar-refractivity contribution in [2.45, 2.75) is 25.8 Å². The number of likely N-dealkylation sites (N-methyl/N-ethyl adjacent to an activating group) is 1.